The van der Waals surface area contributed by atoms with Gasteiger partial charge in [-0.3, -0.25) is 5.32 Å². The zero-order valence-corrected chi connectivity index (χ0v) is 6.46. The number of aliphatic hydroxyl groups excluding tert-OH is 1. The summed E-state index contributed by atoms with van der Waals surface area (Å²) < 4.78 is 0. The summed E-state index contributed by atoms with van der Waals surface area (Å²) in [4.78, 5) is 5.85. The summed E-state index contributed by atoms with van der Waals surface area (Å²) in [5, 5.41) is 11.5. The molecule has 0 aromatic carbocycles. The van der Waals surface area contributed by atoms with Crippen LogP contribution in [0.15, 0.2) is 4.99 Å². The standard InChI is InChI=1S/C5H11N3OS/c9-2-1-8-3-6-5(10)7-4-8/h3,5,7,9-10H,1-2,4H2. The van der Waals surface area contributed by atoms with Crippen molar-refractivity contribution in [2.75, 3.05) is 19.8 Å². The lowest BCUT2D eigenvalue weighted by molar-refractivity contribution is 0.240. The molecule has 0 amide bonds. The van der Waals surface area contributed by atoms with Gasteiger partial charge in [0.1, 0.15) is 5.50 Å². The van der Waals surface area contributed by atoms with Crippen molar-refractivity contribution in [3.8, 4) is 0 Å². The van der Waals surface area contributed by atoms with Crippen molar-refractivity contribution >= 4 is 19.0 Å². The molecule has 0 saturated carbocycles. The number of rotatable bonds is 2. The van der Waals surface area contributed by atoms with Crippen LogP contribution in [-0.4, -0.2) is 41.7 Å². The molecule has 0 spiro atoms. The topological polar surface area (TPSA) is 47.9 Å². The monoisotopic (exact) mass is 161 g/mol. The van der Waals surface area contributed by atoms with Crippen molar-refractivity contribution in [3.05, 3.63) is 0 Å². The molecule has 10 heavy (non-hydrogen) atoms. The van der Waals surface area contributed by atoms with Crippen LogP contribution in [0.4, 0.5) is 0 Å². The fraction of sp³-hybridized carbons (Fsp3) is 0.800. The molecule has 0 saturated heterocycles. The number of β-amino-alcohol motifs (C(OH)–C–C–N with tert-alkyl or cyclic N) is 1. The molecule has 0 aliphatic carbocycles. The summed E-state index contributed by atoms with van der Waals surface area (Å²) in [6, 6.07) is 0. The van der Waals surface area contributed by atoms with Crippen molar-refractivity contribution in [1.82, 2.24) is 10.2 Å². The Morgan fingerprint density at radius 1 is 1.90 bits per heavy atom. The smallest absolute Gasteiger partial charge is 0.147 e. The van der Waals surface area contributed by atoms with E-state index in [4.69, 9.17) is 5.11 Å². The van der Waals surface area contributed by atoms with Gasteiger partial charge in [0.2, 0.25) is 0 Å². The Bertz CT molecular complexity index is 130. The highest BCUT2D eigenvalue weighted by atomic mass is 32.1. The third-order valence-corrected chi connectivity index (χ3v) is 1.55. The second-order valence-corrected chi connectivity index (χ2v) is 2.53. The number of hydrogen-bond donors (Lipinski definition) is 3. The third-order valence-electron chi connectivity index (χ3n) is 1.24. The Morgan fingerprint density at radius 2 is 2.70 bits per heavy atom. The van der Waals surface area contributed by atoms with E-state index in [0.717, 1.165) is 0 Å². The summed E-state index contributed by atoms with van der Waals surface area (Å²) in [5.41, 5.74) is -0.0880. The van der Waals surface area contributed by atoms with Crippen LogP contribution in [0.1, 0.15) is 0 Å². The molecule has 5 heteroatoms. The minimum atomic E-state index is -0.0880. The lowest BCUT2D eigenvalue weighted by Crippen LogP contribution is -2.42. The van der Waals surface area contributed by atoms with Crippen LogP contribution >= 0.6 is 12.6 Å². The molecular weight excluding hydrogens is 150 g/mol. The van der Waals surface area contributed by atoms with Gasteiger partial charge in [-0.25, -0.2) is 4.99 Å². The fourth-order valence-electron chi connectivity index (χ4n) is 0.715. The highest BCUT2D eigenvalue weighted by Crippen LogP contribution is 1.96. The summed E-state index contributed by atoms with van der Waals surface area (Å²) in [6.07, 6.45) is 1.70. The maximum absolute atomic E-state index is 8.53. The van der Waals surface area contributed by atoms with Crippen molar-refractivity contribution < 1.29 is 5.11 Å². The highest BCUT2D eigenvalue weighted by Gasteiger charge is 2.07. The van der Waals surface area contributed by atoms with Crippen LogP contribution in [-0.2, 0) is 0 Å². The van der Waals surface area contributed by atoms with Gasteiger partial charge >= 0.3 is 0 Å². The molecule has 4 nitrogen and oxygen atoms in total. The molecule has 1 rings (SSSR count). The molecular formula is C5H11N3OS. The summed E-state index contributed by atoms with van der Waals surface area (Å²) >= 11 is 4.07. The average molecular weight is 161 g/mol. The van der Waals surface area contributed by atoms with E-state index in [9.17, 15) is 0 Å². The fourth-order valence-corrected chi connectivity index (χ4v) is 0.856. The van der Waals surface area contributed by atoms with E-state index in [1.807, 2.05) is 4.90 Å². The second-order valence-electron chi connectivity index (χ2n) is 2.04. The molecule has 0 aromatic rings. The summed E-state index contributed by atoms with van der Waals surface area (Å²) in [7, 11) is 0. The number of hydrogen-bond acceptors (Lipinski definition) is 5. The van der Waals surface area contributed by atoms with E-state index in [1.54, 1.807) is 6.34 Å². The van der Waals surface area contributed by atoms with Gasteiger partial charge in [-0.1, -0.05) is 0 Å². The molecule has 1 atom stereocenters. The van der Waals surface area contributed by atoms with Crippen LogP contribution in [0.2, 0.25) is 0 Å². The maximum atomic E-state index is 8.53. The number of thiol groups is 1. The minimum Gasteiger partial charge on any atom is -0.395 e. The quantitative estimate of drug-likeness (QED) is 0.459. The maximum Gasteiger partial charge on any atom is 0.147 e. The minimum absolute atomic E-state index is 0.0880. The molecule has 2 N–H and O–H groups in total. The van der Waals surface area contributed by atoms with E-state index in [-0.39, 0.29) is 12.1 Å². The van der Waals surface area contributed by atoms with Crippen molar-refractivity contribution in [1.29, 1.82) is 0 Å². The molecule has 58 valence electrons. The van der Waals surface area contributed by atoms with Crippen molar-refractivity contribution in [3.63, 3.8) is 0 Å². The lowest BCUT2D eigenvalue weighted by Gasteiger charge is -2.24. The first-order valence-electron chi connectivity index (χ1n) is 3.12. The first-order chi connectivity index (χ1) is 4.83. The molecule has 0 fully saturated rings. The molecule has 1 aliphatic rings. The van der Waals surface area contributed by atoms with Gasteiger partial charge in [0.25, 0.3) is 0 Å². The average Bonchev–Trinajstić information content (AvgIpc) is 1.95. The van der Waals surface area contributed by atoms with Crippen molar-refractivity contribution in [2.45, 2.75) is 5.50 Å². The first-order valence-corrected chi connectivity index (χ1v) is 3.64. The zero-order valence-electron chi connectivity index (χ0n) is 5.56. The van der Waals surface area contributed by atoms with Gasteiger partial charge < -0.3 is 10.0 Å². The summed E-state index contributed by atoms with van der Waals surface area (Å²) in [5.74, 6) is 0. The van der Waals surface area contributed by atoms with Crippen LogP contribution in [0.25, 0.3) is 0 Å². The second kappa shape index (κ2) is 3.80. The van der Waals surface area contributed by atoms with Crippen LogP contribution in [0.5, 0.6) is 0 Å². The predicted molar refractivity (Wildman–Crippen MR) is 43.1 cm³/mol. The third kappa shape index (κ3) is 2.17. The zero-order chi connectivity index (χ0) is 7.40. The number of aliphatic hydroxyl groups is 1. The van der Waals surface area contributed by atoms with E-state index in [0.29, 0.717) is 13.2 Å². The van der Waals surface area contributed by atoms with Gasteiger partial charge in [-0.2, -0.15) is 0 Å². The van der Waals surface area contributed by atoms with E-state index in [1.165, 1.54) is 0 Å². The Labute approximate surface area is 65.3 Å². The van der Waals surface area contributed by atoms with E-state index in [2.05, 4.69) is 22.9 Å². The normalized spacial score (nSPS) is 25.4. The molecule has 1 unspecified atom stereocenters. The van der Waals surface area contributed by atoms with Gasteiger partial charge in [0, 0.05) is 6.54 Å². The van der Waals surface area contributed by atoms with E-state index >= 15 is 0 Å². The first kappa shape index (κ1) is 7.84. The van der Waals surface area contributed by atoms with Crippen LogP contribution in [0.3, 0.4) is 0 Å². The summed E-state index contributed by atoms with van der Waals surface area (Å²) in [6.45, 7) is 1.49. The molecule has 1 heterocycles. The SMILES string of the molecule is OCCN1C=NC(S)NC1. The van der Waals surface area contributed by atoms with E-state index < -0.39 is 0 Å². The van der Waals surface area contributed by atoms with Crippen LogP contribution in [0, 0.1) is 0 Å². The largest absolute Gasteiger partial charge is 0.395 e. The lowest BCUT2D eigenvalue weighted by atomic mass is 10.6. The molecule has 0 radical (unpaired) electrons. The van der Waals surface area contributed by atoms with Gasteiger partial charge in [-0.15, -0.1) is 12.6 Å². The molecule has 1 aliphatic heterocycles. The Hall–Kier alpha value is -0.260. The number of nitrogens with zero attached hydrogens (tertiary/aromatic N) is 2. The Kier molecular flexibility index (Phi) is 2.98. The number of aliphatic imine (C=N–C) groups is 1. The van der Waals surface area contributed by atoms with Gasteiger partial charge in [0.15, 0.2) is 0 Å². The molecule has 0 aromatic heterocycles. The van der Waals surface area contributed by atoms with Gasteiger partial charge in [-0.05, 0) is 0 Å². The van der Waals surface area contributed by atoms with Crippen LogP contribution < -0.4 is 5.32 Å². The van der Waals surface area contributed by atoms with Crippen molar-refractivity contribution in [2.24, 2.45) is 4.99 Å². The number of nitrogens with one attached hydrogen (secondary N) is 1. The highest BCUT2D eigenvalue weighted by molar-refractivity contribution is 7.80. The predicted octanol–water partition coefficient (Wildman–Crippen LogP) is -0.917. The Morgan fingerprint density at radius 3 is 3.20 bits per heavy atom. The Balaban J connectivity index is 2.30. The molecule has 0 bridgehead atoms. The van der Waals surface area contributed by atoms with Gasteiger partial charge in [0.05, 0.1) is 19.6 Å².